The van der Waals surface area contributed by atoms with Gasteiger partial charge in [0.1, 0.15) is 23.5 Å². The highest BCUT2D eigenvalue weighted by Crippen LogP contribution is 2.29. The van der Waals surface area contributed by atoms with E-state index in [1.54, 1.807) is 6.07 Å². The number of fused-ring (bicyclic) bond motifs is 1. The minimum absolute atomic E-state index is 0.292. The number of aromatic amines is 1. The van der Waals surface area contributed by atoms with E-state index in [0.717, 1.165) is 48.6 Å². The number of rotatable bonds is 2. The number of pyridine rings is 1. The van der Waals surface area contributed by atoms with Crippen molar-refractivity contribution in [3.63, 3.8) is 0 Å². The quantitative estimate of drug-likeness (QED) is 0.757. The van der Waals surface area contributed by atoms with Crippen LogP contribution in [0.15, 0.2) is 36.4 Å². The van der Waals surface area contributed by atoms with E-state index in [2.05, 4.69) is 27.0 Å². The SMILES string of the molecule is N#Cc1ccc(N2CCCC(c3nc4ccccc4[nH]3)C2)nc1N. The Hall–Kier alpha value is -3.07. The molecule has 6 nitrogen and oxygen atoms in total. The number of nitrogens with two attached hydrogens (primary N) is 1. The molecule has 0 amide bonds. The van der Waals surface area contributed by atoms with Crippen LogP contribution in [-0.2, 0) is 0 Å². The number of anilines is 2. The molecule has 24 heavy (non-hydrogen) atoms. The van der Waals surface area contributed by atoms with E-state index in [-0.39, 0.29) is 0 Å². The lowest BCUT2D eigenvalue weighted by Gasteiger charge is -2.32. The summed E-state index contributed by atoms with van der Waals surface area (Å²) in [5, 5.41) is 8.98. The van der Waals surface area contributed by atoms with Crippen LogP contribution in [0.1, 0.15) is 30.1 Å². The van der Waals surface area contributed by atoms with Crippen LogP contribution < -0.4 is 10.6 Å². The van der Waals surface area contributed by atoms with E-state index in [1.807, 2.05) is 24.3 Å². The van der Waals surface area contributed by atoms with E-state index < -0.39 is 0 Å². The van der Waals surface area contributed by atoms with Crippen LogP contribution in [-0.4, -0.2) is 28.0 Å². The summed E-state index contributed by atoms with van der Waals surface area (Å²) in [6.07, 6.45) is 2.17. The molecule has 3 heterocycles. The molecule has 0 spiro atoms. The van der Waals surface area contributed by atoms with Crippen LogP contribution in [0.25, 0.3) is 11.0 Å². The third-order valence-corrected chi connectivity index (χ3v) is 4.57. The average molecular weight is 318 g/mol. The highest BCUT2D eigenvalue weighted by molar-refractivity contribution is 5.74. The van der Waals surface area contributed by atoms with Gasteiger partial charge < -0.3 is 15.6 Å². The molecule has 0 bridgehead atoms. The highest BCUT2D eigenvalue weighted by atomic mass is 15.2. The Labute approximate surface area is 139 Å². The Balaban J connectivity index is 1.59. The molecular weight excluding hydrogens is 300 g/mol. The minimum atomic E-state index is 0.292. The van der Waals surface area contributed by atoms with Gasteiger partial charge in [0.15, 0.2) is 0 Å². The van der Waals surface area contributed by atoms with E-state index in [1.165, 1.54) is 0 Å². The molecule has 0 saturated carbocycles. The van der Waals surface area contributed by atoms with Gasteiger partial charge in [-0.05, 0) is 37.1 Å². The molecule has 1 atom stereocenters. The lowest BCUT2D eigenvalue weighted by Crippen LogP contribution is -2.35. The largest absolute Gasteiger partial charge is 0.383 e. The second kappa shape index (κ2) is 5.85. The van der Waals surface area contributed by atoms with Gasteiger partial charge in [-0.1, -0.05) is 12.1 Å². The van der Waals surface area contributed by atoms with Crippen LogP contribution in [0.2, 0.25) is 0 Å². The molecule has 4 rings (SSSR count). The first-order valence-electron chi connectivity index (χ1n) is 8.11. The maximum atomic E-state index is 8.98. The van der Waals surface area contributed by atoms with Gasteiger partial charge in [0.2, 0.25) is 0 Å². The van der Waals surface area contributed by atoms with Crippen molar-refractivity contribution in [2.75, 3.05) is 23.7 Å². The maximum absolute atomic E-state index is 8.98. The summed E-state index contributed by atoms with van der Waals surface area (Å²) in [6, 6.07) is 13.8. The van der Waals surface area contributed by atoms with Crippen molar-refractivity contribution >= 4 is 22.7 Å². The number of H-pyrrole nitrogens is 1. The van der Waals surface area contributed by atoms with Crippen LogP contribution >= 0.6 is 0 Å². The van der Waals surface area contributed by atoms with Crippen LogP contribution in [0, 0.1) is 11.3 Å². The van der Waals surface area contributed by atoms with Gasteiger partial charge >= 0.3 is 0 Å². The van der Waals surface area contributed by atoms with E-state index in [9.17, 15) is 0 Å². The summed E-state index contributed by atoms with van der Waals surface area (Å²) >= 11 is 0. The first-order chi connectivity index (χ1) is 11.7. The number of hydrogen-bond donors (Lipinski definition) is 2. The molecule has 1 aliphatic rings. The Morgan fingerprint density at radius 2 is 2.08 bits per heavy atom. The van der Waals surface area contributed by atoms with Gasteiger partial charge in [0.05, 0.1) is 16.6 Å². The molecule has 0 aliphatic carbocycles. The highest BCUT2D eigenvalue weighted by Gasteiger charge is 2.25. The number of nitrogens with one attached hydrogen (secondary N) is 1. The standard InChI is InChI=1S/C18H18N6/c19-10-12-7-8-16(23-17(12)20)24-9-3-4-13(11-24)18-21-14-5-1-2-6-15(14)22-18/h1-2,5-8,13H,3-4,9,11H2,(H2,20,23)(H,21,22). The summed E-state index contributed by atoms with van der Waals surface area (Å²) in [7, 11) is 0. The fourth-order valence-corrected chi connectivity index (χ4v) is 3.31. The van der Waals surface area contributed by atoms with Crippen molar-refractivity contribution in [2.45, 2.75) is 18.8 Å². The lowest BCUT2D eigenvalue weighted by atomic mass is 9.97. The van der Waals surface area contributed by atoms with Crippen molar-refractivity contribution in [1.82, 2.24) is 15.0 Å². The van der Waals surface area contributed by atoms with Crippen molar-refractivity contribution in [2.24, 2.45) is 0 Å². The number of aromatic nitrogens is 3. The lowest BCUT2D eigenvalue weighted by molar-refractivity contribution is 0.492. The van der Waals surface area contributed by atoms with E-state index >= 15 is 0 Å². The van der Waals surface area contributed by atoms with Crippen LogP contribution in [0.3, 0.4) is 0 Å². The molecule has 1 aliphatic heterocycles. The topological polar surface area (TPSA) is 94.6 Å². The van der Waals surface area contributed by atoms with Crippen molar-refractivity contribution in [1.29, 1.82) is 5.26 Å². The number of hydrogen-bond acceptors (Lipinski definition) is 5. The smallest absolute Gasteiger partial charge is 0.143 e. The zero-order chi connectivity index (χ0) is 16.5. The minimum Gasteiger partial charge on any atom is -0.383 e. The molecule has 1 unspecified atom stereocenters. The van der Waals surface area contributed by atoms with Gasteiger partial charge in [-0.2, -0.15) is 5.26 Å². The number of nitrogen functional groups attached to an aromatic ring is 1. The first-order valence-corrected chi connectivity index (χ1v) is 8.11. The second-order valence-corrected chi connectivity index (χ2v) is 6.14. The number of nitriles is 1. The zero-order valence-electron chi connectivity index (χ0n) is 13.2. The molecule has 2 aromatic heterocycles. The summed E-state index contributed by atoms with van der Waals surface area (Å²) in [5.41, 5.74) is 8.36. The van der Waals surface area contributed by atoms with Crippen molar-refractivity contribution in [3.05, 3.63) is 47.8 Å². The molecule has 1 saturated heterocycles. The zero-order valence-corrected chi connectivity index (χ0v) is 13.2. The molecule has 1 aromatic carbocycles. The first kappa shape index (κ1) is 14.5. The number of piperidine rings is 1. The molecule has 120 valence electrons. The maximum Gasteiger partial charge on any atom is 0.143 e. The Bertz CT molecular complexity index is 890. The van der Waals surface area contributed by atoms with Gasteiger partial charge in [0, 0.05) is 19.0 Å². The van der Waals surface area contributed by atoms with Crippen molar-refractivity contribution in [3.8, 4) is 6.07 Å². The third-order valence-electron chi connectivity index (χ3n) is 4.57. The molecule has 6 heteroatoms. The summed E-state index contributed by atoms with van der Waals surface area (Å²) < 4.78 is 0. The molecule has 1 fully saturated rings. The summed E-state index contributed by atoms with van der Waals surface area (Å²) in [5.74, 6) is 2.49. The predicted octanol–water partition coefficient (Wildman–Crippen LogP) is 2.80. The van der Waals surface area contributed by atoms with Gasteiger partial charge in [-0.3, -0.25) is 0 Å². The van der Waals surface area contributed by atoms with Gasteiger partial charge in [-0.15, -0.1) is 0 Å². The Kier molecular flexibility index (Phi) is 3.54. The molecular formula is C18H18N6. The Morgan fingerprint density at radius 1 is 1.21 bits per heavy atom. The monoisotopic (exact) mass is 318 g/mol. The van der Waals surface area contributed by atoms with E-state index in [0.29, 0.717) is 17.3 Å². The number of imidazole rings is 1. The predicted molar refractivity (Wildman–Crippen MR) is 93.6 cm³/mol. The number of para-hydroxylation sites is 2. The molecule has 3 N–H and O–H groups in total. The fraction of sp³-hybridized carbons (Fsp3) is 0.278. The van der Waals surface area contributed by atoms with E-state index in [4.69, 9.17) is 16.0 Å². The fourth-order valence-electron chi connectivity index (χ4n) is 3.31. The number of benzene rings is 1. The molecule has 0 radical (unpaired) electrons. The normalized spacial score (nSPS) is 17.8. The third kappa shape index (κ3) is 2.54. The number of nitrogens with zero attached hydrogens (tertiary/aromatic N) is 4. The van der Waals surface area contributed by atoms with Crippen LogP contribution in [0.5, 0.6) is 0 Å². The van der Waals surface area contributed by atoms with Crippen molar-refractivity contribution < 1.29 is 0 Å². The van der Waals surface area contributed by atoms with Gasteiger partial charge in [-0.25, -0.2) is 9.97 Å². The van der Waals surface area contributed by atoms with Gasteiger partial charge in [0.25, 0.3) is 0 Å². The summed E-state index contributed by atoms with van der Waals surface area (Å²) in [4.78, 5) is 14.8. The molecule has 3 aromatic rings. The Morgan fingerprint density at radius 3 is 2.88 bits per heavy atom. The summed E-state index contributed by atoms with van der Waals surface area (Å²) in [6.45, 7) is 1.78. The average Bonchev–Trinajstić information content (AvgIpc) is 3.06. The second-order valence-electron chi connectivity index (χ2n) is 6.14. The van der Waals surface area contributed by atoms with Crippen LogP contribution in [0.4, 0.5) is 11.6 Å².